The Kier molecular flexibility index (Phi) is 7.00. The number of nitrogens with zero attached hydrogens (tertiary/aromatic N) is 2. The lowest BCUT2D eigenvalue weighted by Crippen LogP contribution is -2.44. The van der Waals surface area contributed by atoms with E-state index in [0.29, 0.717) is 19.4 Å². The minimum absolute atomic E-state index is 0.204. The van der Waals surface area contributed by atoms with Gasteiger partial charge < -0.3 is 4.74 Å². The Balaban J connectivity index is 1.80. The first-order valence-corrected chi connectivity index (χ1v) is 10.1. The second kappa shape index (κ2) is 9.67. The Hall–Kier alpha value is -2.71. The van der Waals surface area contributed by atoms with Crippen LogP contribution in [-0.4, -0.2) is 30.6 Å². The molecule has 29 heavy (non-hydrogen) atoms. The van der Waals surface area contributed by atoms with Gasteiger partial charge in [-0.25, -0.2) is 4.39 Å². The lowest BCUT2D eigenvalue weighted by molar-refractivity contribution is -0.147. The molecule has 0 saturated carbocycles. The van der Waals surface area contributed by atoms with Crippen molar-refractivity contribution in [1.82, 2.24) is 4.90 Å². The minimum atomic E-state index is -0.508. The van der Waals surface area contributed by atoms with Crippen molar-refractivity contribution in [2.24, 2.45) is 5.41 Å². The fourth-order valence-corrected chi connectivity index (χ4v) is 4.29. The maximum Gasteiger partial charge on any atom is 0.306 e. The molecule has 1 heterocycles. The van der Waals surface area contributed by atoms with Gasteiger partial charge in [0.25, 0.3) is 0 Å². The van der Waals surface area contributed by atoms with Crippen LogP contribution in [0.4, 0.5) is 4.39 Å². The van der Waals surface area contributed by atoms with Crippen LogP contribution in [0.1, 0.15) is 43.2 Å². The van der Waals surface area contributed by atoms with Gasteiger partial charge in [-0.15, -0.1) is 0 Å². The van der Waals surface area contributed by atoms with Crippen molar-refractivity contribution in [1.29, 1.82) is 5.26 Å². The smallest absolute Gasteiger partial charge is 0.306 e. The quantitative estimate of drug-likeness (QED) is 0.641. The number of carbonyl (C=O) groups excluding carboxylic acids is 1. The number of carbonyl (C=O) groups is 1. The van der Waals surface area contributed by atoms with E-state index < -0.39 is 11.3 Å². The molecule has 1 aliphatic rings. The van der Waals surface area contributed by atoms with E-state index in [1.54, 1.807) is 19.1 Å². The second-order valence-corrected chi connectivity index (χ2v) is 7.72. The van der Waals surface area contributed by atoms with E-state index in [1.165, 1.54) is 17.7 Å². The topological polar surface area (TPSA) is 53.3 Å². The highest BCUT2D eigenvalue weighted by atomic mass is 19.1. The van der Waals surface area contributed by atoms with Gasteiger partial charge in [0.1, 0.15) is 5.82 Å². The molecule has 2 aromatic rings. The number of esters is 1. The maximum atomic E-state index is 13.4. The number of hydrogen-bond acceptors (Lipinski definition) is 4. The van der Waals surface area contributed by atoms with E-state index in [9.17, 15) is 14.4 Å². The fourth-order valence-electron chi connectivity index (χ4n) is 4.29. The standard InChI is InChI=1S/C24H27FN2O2/c1-2-29-23(28)16-24(22(17-26)20-8-10-21(25)11-9-20)12-14-27(15-13-24)18-19-6-4-3-5-7-19/h3-11,22H,2,12-16,18H2,1H3. The molecule has 0 aliphatic carbocycles. The molecular formula is C24H27FN2O2. The third kappa shape index (κ3) is 5.21. The van der Waals surface area contributed by atoms with E-state index in [0.717, 1.165) is 25.2 Å². The van der Waals surface area contributed by atoms with Crippen molar-refractivity contribution in [3.63, 3.8) is 0 Å². The number of hydrogen-bond donors (Lipinski definition) is 0. The predicted molar refractivity (Wildman–Crippen MR) is 109 cm³/mol. The number of halogens is 1. The lowest BCUT2D eigenvalue weighted by Gasteiger charge is -2.44. The molecule has 1 fully saturated rings. The van der Waals surface area contributed by atoms with Gasteiger partial charge in [0.15, 0.2) is 0 Å². The third-order valence-electron chi connectivity index (χ3n) is 5.85. The number of piperidine rings is 1. The highest BCUT2D eigenvalue weighted by molar-refractivity contribution is 5.70. The van der Waals surface area contributed by atoms with Gasteiger partial charge in [-0.1, -0.05) is 42.5 Å². The van der Waals surface area contributed by atoms with Crippen molar-refractivity contribution in [2.45, 2.75) is 38.6 Å². The summed E-state index contributed by atoms with van der Waals surface area (Å²) in [6.07, 6.45) is 1.64. The molecule has 3 rings (SSSR count). The molecule has 1 atom stereocenters. The zero-order valence-corrected chi connectivity index (χ0v) is 16.8. The van der Waals surface area contributed by atoms with Crippen molar-refractivity contribution in [2.75, 3.05) is 19.7 Å². The highest BCUT2D eigenvalue weighted by Gasteiger charge is 2.44. The van der Waals surface area contributed by atoms with E-state index in [4.69, 9.17) is 4.74 Å². The Morgan fingerprint density at radius 3 is 2.41 bits per heavy atom. The van der Waals surface area contributed by atoms with Crippen LogP contribution < -0.4 is 0 Å². The van der Waals surface area contributed by atoms with Gasteiger partial charge in [-0.05, 0) is 56.1 Å². The van der Waals surface area contributed by atoms with Gasteiger partial charge in [0.05, 0.1) is 25.0 Å². The Morgan fingerprint density at radius 2 is 1.83 bits per heavy atom. The van der Waals surface area contributed by atoms with Gasteiger partial charge in [0, 0.05) is 12.0 Å². The molecule has 1 aliphatic heterocycles. The molecule has 0 spiro atoms. The molecular weight excluding hydrogens is 367 g/mol. The van der Waals surface area contributed by atoms with E-state index in [-0.39, 0.29) is 18.2 Å². The summed E-state index contributed by atoms with van der Waals surface area (Å²) in [6, 6.07) is 18.8. The van der Waals surface area contributed by atoms with Crippen molar-refractivity contribution in [3.05, 3.63) is 71.5 Å². The number of benzene rings is 2. The molecule has 1 saturated heterocycles. The molecule has 1 unspecified atom stereocenters. The molecule has 0 aromatic heterocycles. The fraction of sp³-hybridized carbons (Fsp3) is 0.417. The maximum absolute atomic E-state index is 13.4. The average Bonchev–Trinajstić information content (AvgIpc) is 2.73. The van der Waals surface area contributed by atoms with Crippen molar-refractivity contribution < 1.29 is 13.9 Å². The first-order chi connectivity index (χ1) is 14.1. The summed E-state index contributed by atoms with van der Waals surface area (Å²) in [6.45, 7) is 4.56. The van der Waals surface area contributed by atoms with Crippen LogP contribution in [0, 0.1) is 22.6 Å². The summed E-state index contributed by atoms with van der Waals surface area (Å²) in [7, 11) is 0. The zero-order valence-electron chi connectivity index (χ0n) is 16.8. The van der Waals surface area contributed by atoms with Gasteiger partial charge in [0.2, 0.25) is 0 Å². The average molecular weight is 394 g/mol. The Labute approximate surface area is 171 Å². The highest BCUT2D eigenvalue weighted by Crippen LogP contribution is 2.47. The van der Waals surface area contributed by atoms with Crippen LogP contribution in [0.5, 0.6) is 0 Å². The molecule has 152 valence electrons. The van der Waals surface area contributed by atoms with Gasteiger partial charge in [-0.3, -0.25) is 9.69 Å². The first kappa shape index (κ1) is 21.0. The van der Waals surface area contributed by atoms with E-state index in [1.807, 2.05) is 18.2 Å². The van der Waals surface area contributed by atoms with Gasteiger partial charge in [-0.2, -0.15) is 5.26 Å². The molecule has 0 amide bonds. The molecule has 0 bridgehead atoms. The largest absolute Gasteiger partial charge is 0.466 e. The summed E-state index contributed by atoms with van der Waals surface area (Å²) >= 11 is 0. The SMILES string of the molecule is CCOC(=O)CC1(C(C#N)c2ccc(F)cc2)CCN(Cc2ccccc2)CC1. The summed E-state index contributed by atoms with van der Waals surface area (Å²) < 4.78 is 18.6. The van der Waals surface area contributed by atoms with Crippen LogP contribution >= 0.6 is 0 Å². The molecule has 5 heteroatoms. The Bertz CT molecular complexity index is 837. The summed E-state index contributed by atoms with van der Waals surface area (Å²) in [4.78, 5) is 14.7. The van der Waals surface area contributed by atoms with Crippen LogP contribution in [0.25, 0.3) is 0 Å². The van der Waals surface area contributed by atoms with Gasteiger partial charge >= 0.3 is 5.97 Å². The lowest BCUT2D eigenvalue weighted by atomic mass is 9.64. The predicted octanol–water partition coefficient (Wildman–Crippen LogP) is 4.67. The van der Waals surface area contributed by atoms with Crippen LogP contribution in [-0.2, 0) is 16.1 Å². The van der Waals surface area contributed by atoms with Crippen molar-refractivity contribution in [3.8, 4) is 6.07 Å². The molecule has 0 N–H and O–H groups in total. The summed E-state index contributed by atoms with van der Waals surface area (Å²) in [5.74, 6) is -1.08. The zero-order chi connectivity index (χ0) is 20.7. The van der Waals surface area contributed by atoms with E-state index in [2.05, 4.69) is 23.1 Å². The minimum Gasteiger partial charge on any atom is -0.466 e. The summed E-state index contributed by atoms with van der Waals surface area (Å²) in [5, 5.41) is 10.0. The molecule has 4 nitrogen and oxygen atoms in total. The Morgan fingerprint density at radius 1 is 1.17 bits per heavy atom. The monoisotopic (exact) mass is 394 g/mol. The first-order valence-electron chi connectivity index (χ1n) is 10.1. The second-order valence-electron chi connectivity index (χ2n) is 7.72. The van der Waals surface area contributed by atoms with E-state index >= 15 is 0 Å². The van der Waals surface area contributed by atoms with Crippen LogP contribution in [0.3, 0.4) is 0 Å². The number of likely N-dealkylation sites (tertiary alicyclic amines) is 1. The third-order valence-corrected chi connectivity index (χ3v) is 5.85. The summed E-state index contributed by atoms with van der Waals surface area (Å²) in [5.41, 5.74) is 1.50. The number of rotatable bonds is 7. The number of ether oxygens (including phenoxy) is 1. The normalized spacial score (nSPS) is 17.3. The molecule has 0 radical (unpaired) electrons. The number of nitriles is 1. The van der Waals surface area contributed by atoms with Crippen LogP contribution in [0.15, 0.2) is 54.6 Å². The van der Waals surface area contributed by atoms with Crippen LogP contribution in [0.2, 0.25) is 0 Å². The molecule has 2 aromatic carbocycles. The van der Waals surface area contributed by atoms with Crippen molar-refractivity contribution >= 4 is 5.97 Å².